The van der Waals surface area contributed by atoms with E-state index in [1.807, 2.05) is 13.8 Å². The Kier molecular flexibility index (Phi) is 5.56. The van der Waals surface area contributed by atoms with E-state index in [4.69, 9.17) is 10.4 Å². The number of carboxylic acid groups (broad SMARTS) is 1. The minimum absolute atomic E-state index is 0.0205. The number of thioether (sulfide) groups is 1. The van der Waals surface area contributed by atoms with E-state index >= 15 is 0 Å². The van der Waals surface area contributed by atoms with Gasteiger partial charge in [0.2, 0.25) is 0 Å². The van der Waals surface area contributed by atoms with Crippen LogP contribution in [0.15, 0.2) is 0 Å². The van der Waals surface area contributed by atoms with E-state index < -0.39 is 5.97 Å². The van der Waals surface area contributed by atoms with Gasteiger partial charge in [-0.05, 0) is 6.42 Å². The quantitative estimate of drug-likeness (QED) is 0.714. The molecule has 0 saturated heterocycles. The highest BCUT2D eigenvalue weighted by atomic mass is 32.2. The summed E-state index contributed by atoms with van der Waals surface area (Å²) in [5, 5.41) is 17.0. The maximum absolute atomic E-state index is 10.3. The minimum atomic E-state index is -0.803. The van der Waals surface area contributed by atoms with Crippen LogP contribution in [0.1, 0.15) is 26.7 Å². The van der Waals surface area contributed by atoms with Gasteiger partial charge in [-0.1, -0.05) is 13.8 Å². The van der Waals surface area contributed by atoms with Gasteiger partial charge in [0.25, 0.3) is 0 Å². The fraction of sp³-hybridized carbons (Fsp3) is 0.750. The van der Waals surface area contributed by atoms with Gasteiger partial charge in [0.15, 0.2) is 0 Å². The largest absolute Gasteiger partial charge is 0.481 e. The lowest BCUT2D eigenvalue weighted by Gasteiger charge is -2.10. The van der Waals surface area contributed by atoms with Gasteiger partial charge in [0.05, 0.1) is 17.7 Å². The van der Waals surface area contributed by atoms with Crippen LogP contribution in [0.2, 0.25) is 0 Å². The van der Waals surface area contributed by atoms with Crippen LogP contribution in [0, 0.1) is 11.3 Å². The summed E-state index contributed by atoms with van der Waals surface area (Å²) < 4.78 is 0. The van der Waals surface area contributed by atoms with Gasteiger partial charge < -0.3 is 5.11 Å². The molecule has 0 aromatic rings. The summed E-state index contributed by atoms with van der Waals surface area (Å²) in [4.78, 5) is 10.3. The van der Waals surface area contributed by atoms with E-state index in [2.05, 4.69) is 6.07 Å². The van der Waals surface area contributed by atoms with Crippen molar-refractivity contribution in [1.29, 1.82) is 5.26 Å². The second kappa shape index (κ2) is 5.90. The molecule has 0 radical (unpaired) electrons. The Morgan fingerprint density at radius 3 is 2.67 bits per heavy atom. The fourth-order valence-electron chi connectivity index (χ4n) is 0.792. The Hall–Kier alpha value is -0.690. The molecular weight excluding hydrogens is 174 g/mol. The molecule has 0 heterocycles. The maximum Gasteiger partial charge on any atom is 0.304 e. The third kappa shape index (κ3) is 5.03. The molecule has 0 aliphatic heterocycles. The van der Waals surface area contributed by atoms with Crippen molar-refractivity contribution in [2.75, 3.05) is 0 Å². The van der Waals surface area contributed by atoms with Gasteiger partial charge in [-0.3, -0.25) is 4.79 Å². The summed E-state index contributed by atoms with van der Waals surface area (Å²) in [5.74, 6) is -0.803. The zero-order valence-corrected chi connectivity index (χ0v) is 8.10. The van der Waals surface area contributed by atoms with Crippen LogP contribution in [0.3, 0.4) is 0 Å². The molecule has 0 bridgehead atoms. The van der Waals surface area contributed by atoms with Crippen molar-refractivity contribution < 1.29 is 9.90 Å². The van der Waals surface area contributed by atoms with Crippen molar-refractivity contribution in [2.45, 2.75) is 37.2 Å². The third-order valence-electron chi connectivity index (χ3n) is 1.37. The highest BCUT2D eigenvalue weighted by Gasteiger charge is 2.13. The van der Waals surface area contributed by atoms with Crippen molar-refractivity contribution >= 4 is 17.7 Å². The van der Waals surface area contributed by atoms with Crippen molar-refractivity contribution in [3.05, 3.63) is 0 Å². The minimum Gasteiger partial charge on any atom is -0.481 e. The topological polar surface area (TPSA) is 61.1 Å². The number of nitrogens with zero attached hydrogens (tertiary/aromatic N) is 1. The number of carbonyl (C=O) groups is 1. The molecule has 0 aromatic heterocycles. The normalized spacial score (nSPS) is 14.8. The number of rotatable bonds is 5. The molecule has 68 valence electrons. The SMILES string of the molecule is CCC(C#N)SC(C)CC(=O)O. The van der Waals surface area contributed by atoms with Crippen LogP contribution in [0.5, 0.6) is 0 Å². The second-order valence-electron chi connectivity index (χ2n) is 2.57. The van der Waals surface area contributed by atoms with Gasteiger partial charge in [-0.25, -0.2) is 0 Å². The highest BCUT2D eigenvalue weighted by Crippen LogP contribution is 2.21. The first-order valence-electron chi connectivity index (χ1n) is 3.87. The Morgan fingerprint density at radius 2 is 2.33 bits per heavy atom. The zero-order chi connectivity index (χ0) is 9.56. The summed E-state index contributed by atoms with van der Waals surface area (Å²) in [6.07, 6.45) is 0.897. The molecule has 4 heteroatoms. The summed E-state index contributed by atoms with van der Waals surface area (Å²) in [7, 11) is 0. The molecule has 2 unspecified atom stereocenters. The Bertz CT molecular complexity index is 188. The molecule has 0 saturated carbocycles. The third-order valence-corrected chi connectivity index (χ3v) is 2.77. The molecule has 12 heavy (non-hydrogen) atoms. The first-order valence-corrected chi connectivity index (χ1v) is 4.81. The molecule has 0 rings (SSSR count). The second-order valence-corrected chi connectivity index (χ2v) is 4.22. The summed E-state index contributed by atoms with van der Waals surface area (Å²) in [6, 6.07) is 2.13. The number of nitriles is 1. The molecule has 0 amide bonds. The molecule has 2 atom stereocenters. The van der Waals surface area contributed by atoms with Gasteiger partial charge in [-0.2, -0.15) is 5.26 Å². The average Bonchev–Trinajstić information content (AvgIpc) is 1.98. The monoisotopic (exact) mass is 187 g/mol. The lowest BCUT2D eigenvalue weighted by atomic mass is 10.3. The first-order chi connectivity index (χ1) is 5.60. The Morgan fingerprint density at radius 1 is 1.75 bits per heavy atom. The molecule has 3 nitrogen and oxygen atoms in total. The lowest BCUT2D eigenvalue weighted by Crippen LogP contribution is -2.10. The van der Waals surface area contributed by atoms with Gasteiger partial charge >= 0.3 is 5.97 Å². The van der Waals surface area contributed by atoms with Crippen molar-refractivity contribution in [3.63, 3.8) is 0 Å². The number of aliphatic carboxylic acids is 1. The molecule has 1 N–H and O–H groups in total. The summed E-state index contributed by atoms with van der Waals surface area (Å²) in [6.45, 7) is 3.76. The number of hydrogen-bond acceptors (Lipinski definition) is 3. The predicted octanol–water partition coefficient (Wildman–Crippen LogP) is 1.88. The number of carboxylic acids is 1. The summed E-state index contributed by atoms with van der Waals surface area (Å²) >= 11 is 1.43. The van der Waals surface area contributed by atoms with Crippen LogP contribution < -0.4 is 0 Å². The predicted molar refractivity (Wildman–Crippen MR) is 49.0 cm³/mol. The molecule has 0 aromatic carbocycles. The van der Waals surface area contributed by atoms with Crippen LogP contribution in [-0.2, 0) is 4.79 Å². The van der Waals surface area contributed by atoms with E-state index in [1.165, 1.54) is 11.8 Å². The smallest absolute Gasteiger partial charge is 0.304 e. The summed E-state index contributed by atoms with van der Waals surface area (Å²) in [5.41, 5.74) is 0. The van der Waals surface area contributed by atoms with Gasteiger partial charge in [-0.15, -0.1) is 11.8 Å². The lowest BCUT2D eigenvalue weighted by molar-refractivity contribution is -0.136. The van der Waals surface area contributed by atoms with E-state index in [9.17, 15) is 4.79 Å². The molecule has 0 spiro atoms. The van der Waals surface area contributed by atoms with E-state index in [0.29, 0.717) is 0 Å². The van der Waals surface area contributed by atoms with E-state index in [1.54, 1.807) is 0 Å². The molecular formula is C8H13NO2S. The standard InChI is InChI=1S/C8H13NO2S/c1-3-7(5-9)12-6(2)4-8(10)11/h6-7H,3-4H2,1-2H3,(H,10,11). The number of hydrogen-bond donors (Lipinski definition) is 1. The van der Waals surface area contributed by atoms with Crippen LogP contribution in [-0.4, -0.2) is 21.6 Å². The first kappa shape index (κ1) is 11.3. The Labute approximate surface area is 76.8 Å². The van der Waals surface area contributed by atoms with Gasteiger partial charge in [0, 0.05) is 5.25 Å². The van der Waals surface area contributed by atoms with Crippen molar-refractivity contribution in [3.8, 4) is 6.07 Å². The highest BCUT2D eigenvalue weighted by molar-refractivity contribution is 8.00. The van der Waals surface area contributed by atoms with Gasteiger partial charge in [0.1, 0.15) is 0 Å². The fourth-order valence-corrected chi connectivity index (χ4v) is 1.85. The molecule has 0 aliphatic rings. The van der Waals surface area contributed by atoms with Crippen LogP contribution in [0.25, 0.3) is 0 Å². The van der Waals surface area contributed by atoms with Crippen LogP contribution >= 0.6 is 11.8 Å². The maximum atomic E-state index is 10.3. The van der Waals surface area contributed by atoms with Crippen molar-refractivity contribution in [2.24, 2.45) is 0 Å². The Balaban J connectivity index is 3.75. The van der Waals surface area contributed by atoms with Crippen molar-refractivity contribution in [1.82, 2.24) is 0 Å². The molecule has 0 aliphatic carbocycles. The van der Waals surface area contributed by atoms with E-state index in [-0.39, 0.29) is 16.9 Å². The molecule has 0 fully saturated rings. The van der Waals surface area contributed by atoms with Crippen LogP contribution in [0.4, 0.5) is 0 Å². The zero-order valence-electron chi connectivity index (χ0n) is 7.28. The van der Waals surface area contributed by atoms with E-state index in [0.717, 1.165) is 6.42 Å². The average molecular weight is 187 g/mol.